The molecule has 0 radical (unpaired) electrons. The van der Waals surface area contributed by atoms with Crippen LogP contribution < -0.4 is 31.4 Å². The molecule has 1 aromatic heterocycles. The molecule has 230 valence electrons. The smallest absolute Gasteiger partial charge is 0.471 e. The van der Waals surface area contributed by atoms with Gasteiger partial charge >= 0.3 is 17.8 Å². The zero-order chi connectivity index (χ0) is 31.0. The highest BCUT2D eigenvalue weighted by Crippen LogP contribution is 2.36. The Labute approximate surface area is 233 Å². The third-order valence-electron chi connectivity index (χ3n) is 5.89. The van der Waals surface area contributed by atoms with Crippen LogP contribution in [-0.2, 0) is 25.7 Å². The number of aromatic nitrogens is 2. The van der Waals surface area contributed by atoms with Gasteiger partial charge in [0.1, 0.15) is 12.3 Å². The molecule has 3 atom stereocenters. The van der Waals surface area contributed by atoms with Crippen LogP contribution in [0.3, 0.4) is 0 Å². The summed E-state index contributed by atoms with van der Waals surface area (Å²) in [6.45, 7) is -2.36. The van der Waals surface area contributed by atoms with Crippen LogP contribution in [0.15, 0.2) is 34.0 Å². The fraction of sp³-hybridized carbons (Fsp3) is 0.478. The molecule has 2 aromatic rings. The number of nitro groups is 1. The molecule has 16 nitrogen and oxygen atoms in total. The number of carbonyl (C=O) groups excluding carboxylic acids is 2. The number of hydrogen-bond acceptors (Lipinski definition) is 11. The number of aliphatic hydroxyl groups excluding tert-OH is 1. The van der Waals surface area contributed by atoms with Crippen LogP contribution in [0.4, 0.5) is 18.9 Å². The van der Waals surface area contributed by atoms with Crippen molar-refractivity contribution < 1.29 is 51.7 Å². The number of nitrogens with one attached hydrogen (secondary N) is 3. The number of rotatable bonds is 13. The number of nitro benzene ring substituents is 1. The topological polar surface area (TPSA) is 213 Å². The Kier molecular flexibility index (Phi) is 10.6. The Morgan fingerprint density at radius 2 is 1.95 bits per heavy atom. The molecule has 42 heavy (non-hydrogen) atoms. The minimum Gasteiger partial charge on any atom is -0.493 e. The average molecular weight is 605 g/mol. The Balaban J connectivity index is 1.63. The molecule has 0 aliphatic carbocycles. The summed E-state index contributed by atoms with van der Waals surface area (Å²) >= 11 is 0. The number of nitrogens with zero attached hydrogens (tertiary/aromatic N) is 2. The van der Waals surface area contributed by atoms with E-state index < -0.39 is 78.0 Å². The van der Waals surface area contributed by atoms with Crippen LogP contribution in [0.2, 0.25) is 0 Å². The largest absolute Gasteiger partial charge is 0.493 e. The third kappa shape index (κ3) is 8.27. The highest BCUT2D eigenvalue weighted by atomic mass is 19.4. The molecule has 1 fully saturated rings. The van der Waals surface area contributed by atoms with Gasteiger partial charge in [-0.3, -0.25) is 34.0 Å². The molecule has 4 N–H and O–H groups in total. The number of hydrogen-bond donors (Lipinski definition) is 4. The molecule has 1 aliphatic rings. The molecule has 1 aromatic carbocycles. The molecule has 2 heterocycles. The van der Waals surface area contributed by atoms with Gasteiger partial charge in [-0.15, -0.1) is 0 Å². The number of methoxy groups -OCH3 is 1. The number of alkyl halides is 3. The second-order valence-electron chi connectivity index (χ2n) is 8.70. The van der Waals surface area contributed by atoms with E-state index in [1.807, 2.05) is 0 Å². The van der Waals surface area contributed by atoms with Crippen LogP contribution in [-0.4, -0.2) is 83.2 Å². The molecule has 19 heteroatoms. The molecular formula is C23H26F3N5O11. The van der Waals surface area contributed by atoms with E-state index in [9.17, 15) is 47.6 Å². The Morgan fingerprint density at radius 3 is 2.57 bits per heavy atom. The van der Waals surface area contributed by atoms with Crippen molar-refractivity contribution in [2.24, 2.45) is 0 Å². The van der Waals surface area contributed by atoms with E-state index in [2.05, 4.69) is 10.3 Å². The first-order valence-corrected chi connectivity index (χ1v) is 12.1. The lowest BCUT2D eigenvalue weighted by Gasteiger charge is -2.17. The fourth-order valence-electron chi connectivity index (χ4n) is 3.88. The highest BCUT2D eigenvalue weighted by Gasteiger charge is 2.38. The predicted molar refractivity (Wildman–Crippen MR) is 133 cm³/mol. The summed E-state index contributed by atoms with van der Waals surface area (Å²) < 4.78 is 59.6. The molecule has 1 aliphatic heterocycles. The standard InChI is InChI=1S/C23H26F3N5O11/c1-39-14-6-12(10-40-16-8-20(42-17(16)9-32)30-5-2-18(33)29-22(30)36)13(31(37)38)7-15(14)41-11-19(34)27-3-4-28-21(35)23(24,25)26/h2,5-7,16-17,20,32H,3-4,8-11H2,1H3,(H,27,34)(H,28,35)(H,29,33,36)/t16?,17-,20-/m1/s1. The van der Waals surface area contributed by atoms with E-state index in [-0.39, 0.29) is 36.6 Å². The lowest BCUT2D eigenvalue weighted by atomic mass is 10.1. The summed E-state index contributed by atoms with van der Waals surface area (Å²) in [5, 5.41) is 25.3. The SMILES string of the molecule is COc1cc(COC2C[C@H](n3ccc(=O)[nH]c3=O)O[C@@H]2CO)c([N+](=O)[O-])cc1OCC(=O)NCCNC(=O)C(F)(F)F. The first-order chi connectivity index (χ1) is 19.8. The van der Waals surface area contributed by atoms with Gasteiger partial charge in [-0.25, -0.2) is 4.79 Å². The van der Waals surface area contributed by atoms with Gasteiger partial charge in [0.05, 0.1) is 43.0 Å². The van der Waals surface area contributed by atoms with E-state index in [0.29, 0.717) is 0 Å². The molecule has 0 saturated carbocycles. The van der Waals surface area contributed by atoms with Gasteiger partial charge < -0.3 is 34.7 Å². The normalized spacial score (nSPS) is 18.4. The van der Waals surface area contributed by atoms with E-state index in [1.54, 1.807) is 5.32 Å². The van der Waals surface area contributed by atoms with E-state index in [4.69, 9.17) is 18.9 Å². The fourth-order valence-corrected chi connectivity index (χ4v) is 3.88. The second kappa shape index (κ2) is 13.9. The van der Waals surface area contributed by atoms with Gasteiger partial charge in [0.2, 0.25) is 0 Å². The van der Waals surface area contributed by atoms with E-state index in [1.165, 1.54) is 19.4 Å². The Bertz CT molecular complexity index is 1410. The molecule has 3 rings (SSSR count). The van der Waals surface area contributed by atoms with Crippen molar-refractivity contribution in [3.05, 3.63) is 60.9 Å². The summed E-state index contributed by atoms with van der Waals surface area (Å²) in [5.74, 6) is -3.15. The van der Waals surface area contributed by atoms with Crippen molar-refractivity contribution in [2.75, 3.05) is 33.4 Å². The predicted octanol–water partition coefficient (Wildman–Crippen LogP) is -0.508. The minimum atomic E-state index is -5.06. The van der Waals surface area contributed by atoms with Crippen molar-refractivity contribution >= 4 is 17.5 Å². The number of H-pyrrole nitrogens is 1. The number of aromatic amines is 1. The van der Waals surface area contributed by atoms with Crippen molar-refractivity contribution in [3.8, 4) is 11.5 Å². The number of aliphatic hydroxyl groups is 1. The molecule has 1 saturated heterocycles. The quantitative estimate of drug-likeness (QED) is 0.130. The summed E-state index contributed by atoms with van der Waals surface area (Å²) in [5.41, 5.74) is -1.77. The molecule has 0 spiro atoms. The summed E-state index contributed by atoms with van der Waals surface area (Å²) in [4.78, 5) is 59.3. The van der Waals surface area contributed by atoms with Crippen LogP contribution in [0.25, 0.3) is 0 Å². The molecule has 1 unspecified atom stereocenters. The number of carbonyl (C=O) groups is 2. The highest BCUT2D eigenvalue weighted by molar-refractivity contribution is 5.81. The average Bonchev–Trinajstić information content (AvgIpc) is 3.34. The maximum Gasteiger partial charge on any atom is 0.471 e. The maximum absolute atomic E-state index is 12.2. The van der Waals surface area contributed by atoms with Crippen LogP contribution in [0, 0.1) is 10.1 Å². The Hall–Kier alpha value is -4.49. The summed E-state index contributed by atoms with van der Waals surface area (Å²) in [7, 11) is 1.24. The minimum absolute atomic E-state index is 0.0107. The van der Waals surface area contributed by atoms with Crippen molar-refractivity contribution in [2.45, 2.75) is 37.6 Å². The molecular weight excluding hydrogens is 579 g/mol. The monoisotopic (exact) mass is 605 g/mol. The van der Waals surface area contributed by atoms with Gasteiger partial charge in [0.15, 0.2) is 18.1 Å². The van der Waals surface area contributed by atoms with Crippen molar-refractivity contribution in [1.29, 1.82) is 0 Å². The van der Waals surface area contributed by atoms with Crippen LogP contribution in [0.5, 0.6) is 11.5 Å². The van der Waals surface area contributed by atoms with Crippen molar-refractivity contribution in [1.82, 2.24) is 20.2 Å². The Morgan fingerprint density at radius 1 is 1.24 bits per heavy atom. The first kappa shape index (κ1) is 32.0. The van der Waals surface area contributed by atoms with Crippen LogP contribution in [0.1, 0.15) is 18.2 Å². The maximum atomic E-state index is 12.2. The number of ether oxygens (including phenoxy) is 4. The molecule has 0 bridgehead atoms. The van der Waals surface area contributed by atoms with Gasteiger partial charge in [0, 0.05) is 31.8 Å². The van der Waals surface area contributed by atoms with Gasteiger partial charge in [-0.05, 0) is 6.07 Å². The first-order valence-electron chi connectivity index (χ1n) is 12.1. The van der Waals surface area contributed by atoms with Gasteiger partial charge in [-0.2, -0.15) is 13.2 Å². The molecule has 2 amide bonds. The zero-order valence-corrected chi connectivity index (χ0v) is 21.8. The second-order valence-corrected chi connectivity index (χ2v) is 8.70. The third-order valence-corrected chi connectivity index (χ3v) is 5.89. The van der Waals surface area contributed by atoms with Crippen molar-refractivity contribution in [3.63, 3.8) is 0 Å². The summed E-state index contributed by atoms with van der Waals surface area (Å²) in [6.07, 6.45) is -6.34. The number of amides is 2. The number of halogens is 3. The zero-order valence-electron chi connectivity index (χ0n) is 21.8. The summed E-state index contributed by atoms with van der Waals surface area (Å²) in [6, 6.07) is 3.35. The van der Waals surface area contributed by atoms with E-state index in [0.717, 1.165) is 16.7 Å². The van der Waals surface area contributed by atoms with Crippen LogP contribution >= 0.6 is 0 Å². The van der Waals surface area contributed by atoms with Gasteiger partial charge in [-0.1, -0.05) is 0 Å². The number of benzene rings is 1. The van der Waals surface area contributed by atoms with Gasteiger partial charge in [0.25, 0.3) is 17.2 Å². The van der Waals surface area contributed by atoms with E-state index >= 15 is 0 Å². The lowest BCUT2D eigenvalue weighted by Crippen LogP contribution is -2.41. The lowest BCUT2D eigenvalue weighted by molar-refractivity contribution is -0.386.